The van der Waals surface area contributed by atoms with E-state index >= 15 is 0 Å². The Morgan fingerprint density at radius 1 is 1.26 bits per heavy atom. The number of aromatic carboxylic acids is 1. The quantitative estimate of drug-likeness (QED) is 0.660. The van der Waals surface area contributed by atoms with Gasteiger partial charge in [-0.2, -0.15) is 0 Å². The van der Waals surface area contributed by atoms with Gasteiger partial charge in [0.2, 0.25) is 5.91 Å². The summed E-state index contributed by atoms with van der Waals surface area (Å²) >= 11 is 5.73. The fourth-order valence-corrected chi connectivity index (χ4v) is 1.51. The number of esters is 1. The predicted molar refractivity (Wildman–Crippen MR) is 71.3 cm³/mol. The number of hydrogen-bond acceptors (Lipinski definition) is 4. The molecule has 0 aliphatic rings. The summed E-state index contributed by atoms with van der Waals surface area (Å²) in [6.45, 7) is 2.36. The van der Waals surface area contributed by atoms with Gasteiger partial charge >= 0.3 is 11.9 Å². The molecule has 0 bridgehead atoms. The van der Waals surface area contributed by atoms with Crippen molar-refractivity contribution in [3.8, 4) is 5.75 Å². The van der Waals surface area contributed by atoms with Gasteiger partial charge in [-0.3, -0.25) is 9.59 Å². The van der Waals surface area contributed by atoms with Gasteiger partial charge in [-0.25, -0.2) is 4.79 Å². The third kappa shape index (κ3) is 4.76. The van der Waals surface area contributed by atoms with E-state index < -0.39 is 17.8 Å². The maximum Gasteiger partial charge on any atom is 0.339 e. The highest BCUT2D eigenvalue weighted by Crippen LogP contribution is 2.33. The van der Waals surface area contributed by atoms with Crippen molar-refractivity contribution < 1.29 is 24.2 Å². The molecular weight excluding hydrogens is 297 g/mol. The van der Waals surface area contributed by atoms with Gasteiger partial charge in [0.1, 0.15) is 5.56 Å². The van der Waals surface area contributed by atoms with Crippen molar-refractivity contribution in [2.45, 2.75) is 13.8 Å². The summed E-state index contributed by atoms with van der Waals surface area (Å²) in [4.78, 5) is 33.0. The number of carboxylic acids is 1. The highest BCUT2D eigenvalue weighted by molar-refractivity contribution is 6.31. The molecule has 0 saturated heterocycles. The number of benzene rings is 1. The van der Waals surface area contributed by atoms with Gasteiger partial charge in [0.15, 0.2) is 5.75 Å². The molecule has 0 radical (unpaired) electrons. The van der Waals surface area contributed by atoms with Gasteiger partial charge in [-0.15, -0.1) is 12.4 Å². The average molecular weight is 308 g/mol. The SMILES string of the molecule is CC(=O)Nc1cc(Cl)cc(C(=O)O)c1OC(C)=O.Cl. The molecule has 1 aromatic carbocycles. The zero-order chi connectivity index (χ0) is 13.9. The van der Waals surface area contributed by atoms with E-state index in [0.29, 0.717) is 0 Å². The smallest absolute Gasteiger partial charge is 0.339 e. The molecule has 0 saturated carbocycles. The Hall–Kier alpha value is -1.79. The van der Waals surface area contributed by atoms with Crippen LogP contribution in [0.4, 0.5) is 5.69 Å². The lowest BCUT2D eigenvalue weighted by Gasteiger charge is -2.12. The maximum absolute atomic E-state index is 11.0. The van der Waals surface area contributed by atoms with E-state index in [1.807, 2.05) is 0 Å². The lowest BCUT2D eigenvalue weighted by Crippen LogP contribution is -2.13. The molecule has 2 N–H and O–H groups in total. The standard InChI is InChI=1S/C11H10ClNO5.ClH/c1-5(14)13-9-4-7(12)3-8(11(16)17)10(9)18-6(2)15;/h3-4H,1-2H3,(H,13,14)(H,16,17);1H. The van der Waals surface area contributed by atoms with Crippen LogP contribution in [0.15, 0.2) is 12.1 Å². The van der Waals surface area contributed by atoms with Crippen molar-refractivity contribution >= 4 is 47.5 Å². The second kappa shape index (κ2) is 6.96. The van der Waals surface area contributed by atoms with Crippen molar-refractivity contribution in [1.29, 1.82) is 0 Å². The van der Waals surface area contributed by atoms with Gasteiger partial charge in [-0.1, -0.05) is 11.6 Å². The first-order valence-electron chi connectivity index (χ1n) is 4.84. The number of carboxylic acid groups (broad SMARTS) is 1. The highest BCUT2D eigenvalue weighted by Gasteiger charge is 2.19. The van der Waals surface area contributed by atoms with E-state index in [-0.39, 0.29) is 34.4 Å². The monoisotopic (exact) mass is 307 g/mol. The molecule has 104 valence electrons. The average Bonchev–Trinajstić information content (AvgIpc) is 2.19. The van der Waals surface area contributed by atoms with Crippen molar-refractivity contribution in [3.63, 3.8) is 0 Å². The van der Waals surface area contributed by atoms with Crippen LogP contribution in [0.1, 0.15) is 24.2 Å². The van der Waals surface area contributed by atoms with E-state index in [1.54, 1.807) is 0 Å². The van der Waals surface area contributed by atoms with Gasteiger partial charge < -0.3 is 15.2 Å². The zero-order valence-electron chi connectivity index (χ0n) is 10.0. The molecule has 1 rings (SSSR count). The first-order valence-corrected chi connectivity index (χ1v) is 5.22. The molecule has 0 unspecified atom stereocenters. The summed E-state index contributed by atoms with van der Waals surface area (Å²) < 4.78 is 4.80. The molecule has 1 aromatic rings. The Kier molecular flexibility index (Phi) is 6.31. The summed E-state index contributed by atoms with van der Waals surface area (Å²) in [5.74, 6) is -2.71. The molecule has 1 amide bonds. The zero-order valence-corrected chi connectivity index (χ0v) is 11.6. The summed E-state index contributed by atoms with van der Waals surface area (Å²) in [5.41, 5.74) is -0.274. The number of ether oxygens (including phenoxy) is 1. The minimum absolute atomic E-state index is 0. The van der Waals surface area contributed by atoms with Crippen LogP contribution in [0.3, 0.4) is 0 Å². The first-order chi connectivity index (χ1) is 8.31. The maximum atomic E-state index is 11.0. The van der Waals surface area contributed by atoms with Crippen molar-refractivity contribution in [1.82, 2.24) is 0 Å². The molecule has 19 heavy (non-hydrogen) atoms. The topological polar surface area (TPSA) is 92.7 Å². The normalized spacial score (nSPS) is 9.21. The van der Waals surface area contributed by atoms with E-state index in [0.717, 1.165) is 13.0 Å². The number of carbonyl (C=O) groups is 3. The number of nitrogens with one attached hydrogen (secondary N) is 1. The van der Waals surface area contributed by atoms with E-state index in [1.165, 1.54) is 13.0 Å². The van der Waals surface area contributed by atoms with Crippen molar-refractivity contribution in [2.75, 3.05) is 5.32 Å². The Labute approximate surface area is 120 Å². The second-order valence-corrected chi connectivity index (χ2v) is 3.85. The van der Waals surface area contributed by atoms with Gasteiger partial charge in [-0.05, 0) is 12.1 Å². The molecule has 0 fully saturated rings. The van der Waals surface area contributed by atoms with E-state index in [9.17, 15) is 14.4 Å². The summed E-state index contributed by atoms with van der Waals surface area (Å²) in [6, 6.07) is 2.43. The fraction of sp³-hybridized carbons (Fsp3) is 0.182. The Morgan fingerprint density at radius 2 is 1.84 bits per heavy atom. The van der Waals surface area contributed by atoms with E-state index in [2.05, 4.69) is 5.32 Å². The lowest BCUT2D eigenvalue weighted by molar-refractivity contribution is -0.131. The number of anilines is 1. The lowest BCUT2D eigenvalue weighted by atomic mass is 10.1. The van der Waals surface area contributed by atoms with Gasteiger partial charge in [0.25, 0.3) is 0 Å². The first kappa shape index (κ1) is 17.2. The van der Waals surface area contributed by atoms with Crippen LogP contribution >= 0.6 is 24.0 Å². The molecule has 6 nitrogen and oxygen atoms in total. The Morgan fingerprint density at radius 3 is 2.26 bits per heavy atom. The minimum atomic E-state index is -1.32. The molecule has 0 aromatic heterocycles. The molecular formula is C11H11Cl2NO5. The van der Waals surface area contributed by atoms with Crippen molar-refractivity contribution in [2.24, 2.45) is 0 Å². The van der Waals surface area contributed by atoms with Gasteiger partial charge in [0, 0.05) is 18.9 Å². The Balaban J connectivity index is 0.00000324. The molecule has 0 atom stereocenters. The molecule has 8 heteroatoms. The largest absolute Gasteiger partial charge is 0.478 e. The Bertz CT molecular complexity index is 530. The summed E-state index contributed by atoms with van der Waals surface area (Å²) in [7, 11) is 0. The van der Waals surface area contributed by atoms with Crippen molar-refractivity contribution in [3.05, 3.63) is 22.7 Å². The summed E-state index contributed by atoms with van der Waals surface area (Å²) in [5, 5.41) is 11.5. The molecule has 0 aliphatic carbocycles. The number of carbonyl (C=O) groups excluding carboxylic acids is 2. The third-order valence-corrected chi connectivity index (χ3v) is 2.06. The number of hydrogen-bond donors (Lipinski definition) is 2. The third-order valence-electron chi connectivity index (χ3n) is 1.84. The van der Waals surface area contributed by atoms with E-state index in [4.69, 9.17) is 21.4 Å². The molecule has 0 heterocycles. The van der Waals surface area contributed by atoms with Gasteiger partial charge in [0.05, 0.1) is 5.69 Å². The van der Waals surface area contributed by atoms with Crippen LogP contribution in [0.25, 0.3) is 0 Å². The van der Waals surface area contributed by atoms with Crippen LogP contribution in [0.2, 0.25) is 5.02 Å². The predicted octanol–water partition coefficient (Wildman–Crippen LogP) is 2.34. The van der Waals surface area contributed by atoms with Crippen LogP contribution in [0, 0.1) is 0 Å². The second-order valence-electron chi connectivity index (χ2n) is 3.41. The number of amides is 1. The van der Waals surface area contributed by atoms with Crippen LogP contribution in [-0.4, -0.2) is 23.0 Å². The molecule has 0 aliphatic heterocycles. The fourth-order valence-electron chi connectivity index (χ4n) is 1.29. The van der Waals surface area contributed by atoms with Crippen LogP contribution in [-0.2, 0) is 9.59 Å². The molecule has 0 spiro atoms. The minimum Gasteiger partial charge on any atom is -0.478 e. The number of halogens is 2. The van der Waals surface area contributed by atoms with Crippen LogP contribution in [0.5, 0.6) is 5.75 Å². The summed E-state index contributed by atoms with van der Waals surface area (Å²) in [6.07, 6.45) is 0. The van der Waals surface area contributed by atoms with Crippen LogP contribution < -0.4 is 10.1 Å². The number of rotatable bonds is 3. The highest BCUT2D eigenvalue weighted by atomic mass is 35.5.